The molecule has 0 heterocycles. The number of guanidine groups is 1. The summed E-state index contributed by atoms with van der Waals surface area (Å²) in [6, 6.07) is 7.27. The first kappa shape index (κ1) is 16.5. The Hall–Kier alpha value is -2.57. The second kappa shape index (κ2) is 9.35. The monoisotopic (exact) mass is 292 g/mol. The quantitative estimate of drug-likeness (QED) is 0.244. The molecule has 1 aromatic carbocycles. The van der Waals surface area contributed by atoms with Crippen molar-refractivity contribution in [2.75, 3.05) is 13.2 Å². The van der Waals surface area contributed by atoms with E-state index >= 15 is 0 Å². The van der Waals surface area contributed by atoms with Crippen LogP contribution >= 0.6 is 0 Å². The molecule has 21 heavy (non-hydrogen) atoms. The Morgan fingerprint density at radius 3 is 2.62 bits per heavy atom. The van der Waals surface area contributed by atoms with Crippen LogP contribution in [-0.2, 0) is 9.53 Å². The van der Waals surface area contributed by atoms with Crippen LogP contribution in [0, 0.1) is 0 Å². The van der Waals surface area contributed by atoms with Crippen molar-refractivity contribution < 1.29 is 14.3 Å². The number of hydrogen-bond acceptors (Lipinski definition) is 5. The molecule has 0 bridgehead atoms. The van der Waals surface area contributed by atoms with Gasteiger partial charge in [-0.25, -0.2) is 0 Å². The number of benzene rings is 1. The summed E-state index contributed by atoms with van der Waals surface area (Å²) in [4.78, 5) is 11.1. The van der Waals surface area contributed by atoms with Crippen molar-refractivity contribution in [2.24, 2.45) is 21.7 Å². The summed E-state index contributed by atoms with van der Waals surface area (Å²) in [6.45, 7) is 2.65. The molecule has 4 N–H and O–H groups in total. The Morgan fingerprint density at radius 1 is 1.29 bits per heavy atom. The third-order valence-corrected chi connectivity index (χ3v) is 2.36. The molecule has 114 valence electrons. The molecule has 0 radical (unpaired) electrons. The summed E-state index contributed by atoms with van der Waals surface area (Å²) < 4.78 is 10.3. The topological polar surface area (TPSA) is 112 Å². The highest BCUT2D eigenvalue weighted by Gasteiger charge is 2.01. The minimum Gasteiger partial charge on any atom is -0.494 e. The summed E-state index contributed by atoms with van der Waals surface area (Å²) in [6.07, 6.45) is 2.51. The lowest BCUT2D eigenvalue weighted by Gasteiger charge is -2.06. The van der Waals surface area contributed by atoms with E-state index in [-0.39, 0.29) is 11.9 Å². The smallest absolute Gasteiger partial charge is 0.305 e. The van der Waals surface area contributed by atoms with Gasteiger partial charge in [-0.05, 0) is 43.2 Å². The molecular formula is C14H20N4O3. The van der Waals surface area contributed by atoms with Crippen LogP contribution in [0.3, 0.4) is 0 Å². The van der Waals surface area contributed by atoms with Crippen molar-refractivity contribution >= 4 is 18.1 Å². The minimum atomic E-state index is -0.201. The zero-order valence-electron chi connectivity index (χ0n) is 12.0. The molecule has 1 rings (SSSR count). The summed E-state index contributed by atoms with van der Waals surface area (Å²) >= 11 is 0. The highest BCUT2D eigenvalue weighted by Crippen LogP contribution is 2.11. The molecule has 0 saturated carbocycles. The van der Waals surface area contributed by atoms with Gasteiger partial charge in [-0.3, -0.25) is 4.79 Å². The van der Waals surface area contributed by atoms with Crippen LogP contribution < -0.4 is 16.2 Å². The second-order valence-corrected chi connectivity index (χ2v) is 4.10. The lowest BCUT2D eigenvalue weighted by atomic mass is 10.2. The third kappa shape index (κ3) is 7.56. The highest BCUT2D eigenvalue weighted by molar-refractivity contribution is 5.81. The van der Waals surface area contributed by atoms with Gasteiger partial charge < -0.3 is 20.9 Å². The molecule has 0 aliphatic carbocycles. The van der Waals surface area contributed by atoms with Crippen LogP contribution in [0.25, 0.3) is 0 Å². The Labute approximate surface area is 123 Å². The van der Waals surface area contributed by atoms with Gasteiger partial charge in [0.2, 0.25) is 5.96 Å². The fourth-order valence-corrected chi connectivity index (χ4v) is 1.45. The van der Waals surface area contributed by atoms with Crippen molar-refractivity contribution in [3.8, 4) is 5.75 Å². The zero-order chi connectivity index (χ0) is 15.5. The van der Waals surface area contributed by atoms with Gasteiger partial charge in [-0.1, -0.05) is 0 Å². The number of ether oxygens (including phenoxy) is 2. The highest BCUT2D eigenvalue weighted by atomic mass is 16.5. The van der Waals surface area contributed by atoms with Gasteiger partial charge >= 0.3 is 5.97 Å². The maximum atomic E-state index is 11.1. The Kier molecular flexibility index (Phi) is 7.34. The predicted octanol–water partition coefficient (Wildman–Crippen LogP) is 1.02. The molecular weight excluding hydrogens is 272 g/mol. The molecule has 0 unspecified atom stereocenters. The van der Waals surface area contributed by atoms with Crippen molar-refractivity contribution in [1.82, 2.24) is 0 Å². The lowest BCUT2D eigenvalue weighted by Crippen LogP contribution is -2.21. The van der Waals surface area contributed by atoms with E-state index in [1.165, 1.54) is 6.21 Å². The molecule has 0 amide bonds. The zero-order valence-corrected chi connectivity index (χ0v) is 12.0. The molecule has 0 aliphatic rings. The number of hydrogen-bond donors (Lipinski definition) is 2. The lowest BCUT2D eigenvalue weighted by molar-refractivity contribution is -0.143. The van der Waals surface area contributed by atoms with E-state index in [2.05, 4.69) is 10.2 Å². The number of carbonyl (C=O) groups is 1. The first-order valence-corrected chi connectivity index (χ1v) is 6.62. The van der Waals surface area contributed by atoms with Crippen LogP contribution in [0.2, 0.25) is 0 Å². The molecule has 1 aromatic rings. The van der Waals surface area contributed by atoms with Gasteiger partial charge in [0.25, 0.3) is 0 Å². The van der Waals surface area contributed by atoms with Gasteiger partial charge in [0, 0.05) is 6.42 Å². The van der Waals surface area contributed by atoms with Crippen molar-refractivity contribution in [3.05, 3.63) is 29.8 Å². The molecule has 0 spiro atoms. The number of esters is 1. The second-order valence-electron chi connectivity index (χ2n) is 4.10. The van der Waals surface area contributed by atoms with Crippen molar-refractivity contribution in [1.29, 1.82) is 0 Å². The van der Waals surface area contributed by atoms with E-state index in [0.717, 1.165) is 11.3 Å². The fraction of sp³-hybridized carbons (Fsp3) is 0.357. The number of rotatable bonds is 8. The van der Waals surface area contributed by atoms with Crippen molar-refractivity contribution in [3.63, 3.8) is 0 Å². The average molecular weight is 292 g/mol. The van der Waals surface area contributed by atoms with Crippen LogP contribution in [0.1, 0.15) is 25.3 Å². The summed E-state index contributed by atoms with van der Waals surface area (Å²) in [5.41, 5.74) is 11.1. The van der Waals surface area contributed by atoms with Crippen LogP contribution in [0.5, 0.6) is 5.75 Å². The normalized spacial score (nSPS) is 10.3. The average Bonchev–Trinajstić information content (AvgIpc) is 2.45. The maximum Gasteiger partial charge on any atom is 0.305 e. The van der Waals surface area contributed by atoms with Gasteiger partial charge in [-0.15, -0.1) is 5.10 Å². The van der Waals surface area contributed by atoms with Gasteiger partial charge in [-0.2, -0.15) is 5.10 Å². The summed E-state index contributed by atoms with van der Waals surface area (Å²) in [5, 5.41) is 7.20. The standard InChI is InChI=1S/C14H20N4O3/c1-2-20-13(19)4-3-9-21-12-7-5-11(6-8-12)10-17-18-14(15)16/h5-8,10H,2-4,9H2,1H3,(H4,15,16,18). The fourth-order valence-electron chi connectivity index (χ4n) is 1.45. The maximum absolute atomic E-state index is 11.1. The van der Waals surface area contributed by atoms with E-state index in [1.807, 2.05) is 12.1 Å². The Morgan fingerprint density at radius 2 is 2.00 bits per heavy atom. The van der Waals surface area contributed by atoms with Crippen LogP contribution in [-0.4, -0.2) is 31.4 Å². The molecule has 0 fully saturated rings. The Bertz CT molecular complexity index is 493. The molecule has 0 saturated heterocycles. The SMILES string of the molecule is CCOC(=O)CCCOc1ccc(C=NN=C(N)N)cc1. The summed E-state index contributed by atoms with van der Waals surface area (Å²) in [7, 11) is 0. The number of carbonyl (C=O) groups excluding carboxylic acids is 1. The minimum absolute atomic E-state index is 0.0900. The molecule has 0 aromatic heterocycles. The van der Waals surface area contributed by atoms with E-state index in [0.29, 0.717) is 26.1 Å². The Balaban J connectivity index is 2.33. The summed E-state index contributed by atoms with van der Waals surface area (Å²) in [5.74, 6) is 0.429. The number of nitrogens with zero attached hydrogens (tertiary/aromatic N) is 2. The van der Waals surface area contributed by atoms with Gasteiger partial charge in [0.15, 0.2) is 0 Å². The van der Waals surface area contributed by atoms with E-state index in [1.54, 1.807) is 19.1 Å². The molecule has 0 aliphatic heterocycles. The van der Waals surface area contributed by atoms with E-state index < -0.39 is 0 Å². The van der Waals surface area contributed by atoms with E-state index in [4.69, 9.17) is 20.9 Å². The first-order valence-electron chi connectivity index (χ1n) is 6.62. The van der Waals surface area contributed by atoms with E-state index in [9.17, 15) is 4.79 Å². The first-order chi connectivity index (χ1) is 10.1. The van der Waals surface area contributed by atoms with Gasteiger partial charge in [0.05, 0.1) is 19.4 Å². The third-order valence-electron chi connectivity index (χ3n) is 2.36. The van der Waals surface area contributed by atoms with Crippen LogP contribution in [0.15, 0.2) is 34.5 Å². The molecule has 7 nitrogen and oxygen atoms in total. The van der Waals surface area contributed by atoms with Crippen LogP contribution in [0.4, 0.5) is 0 Å². The number of nitrogens with two attached hydrogens (primary N) is 2. The van der Waals surface area contributed by atoms with Crippen molar-refractivity contribution in [2.45, 2.75) is 19.8 Å². The predicted molar refractivity (Wildman–Crippen MR) is 81.2 cm³/mol. The van der Waals surface area contributed by atoms with Gasteiger partial charge in [0.1, 0.15) is 5.75 Å². The molecule has 7 heteroatoms. The largest absolute Gasteiger partial charge is 0.494 e. The molecule has 0 atom stereocenters.